The van der Waals surface area contributed by atoms with Gasteiger partial charge in [-0.3, -0.25) is 0 Å². The van der Waals surface area contributed by atoms with Crippen molar-refractivity contribution in [3.8, 4) is 84.2 Å². The van der Waals surface area contributed by atoms with Crippen LogP contribution in [0.15, 0.2) is 243 Å². The first-order valence-corrected chi connectivity index (χ1v) is 21.7. The van der Waals surface area contributed by atoms with Gasteiger partial charge in [0.15, 0.2) is 5.82 Å². The van der Waals surface area contributed by atoms with Crippen LogP contribution < -0.4 is 4.90 Å². The second-order valence-corrected chi connectivity index (χ2v) is 16.2. The average Bonchev–Trinajstić information content (AvgIpc) is 3.66. The Morgan fingerprint density at radius 2 is 0.797 bits per heavy atom. The van der Waals surface area contributed by atoms with E-state index in [0.717, 1.165) is 73.1 Å². The van der Waals surface area contributed by atoms with Crippen molar-refractivity contribution in [2.45, 2.75) is 0 Å². The molecule has 0 fully saturated rings. The van der Waals surface area contributed by atoms with Gasteiger partial charge in [0.2, 0.25) is 0 Å². The monoisotopic (exact) mass is 816 g/mol. The lowest BCUT2D eigenvalue weighted by molar-refractivity contribution is 1.13. The standard InChI is InChI=1S/C60H40N4/c1-4-20-41(21-5-1)53-40-54(62-60(61-53)42-22-6-2-7-23-42)45-26-18-24-43(38-45)48-30-10-11-31-49(48)44-25-19-29-47(39-44)63-55-35-15-12-32-50(55)58-51-33-13-16-36-56(51)64(46-27-8-3-9-28-46)59(58)52-34-14-17-37-57(52)63/h1-40H. The zero-order chi connectivity index (χ0) is 42.4. The van der Waals surface area contributed by atoms with Crippen LogP contribution in [0.5, 0.6) is 0 Å². The molecule has 0 amide bonds. The molecule has 0 saturated heterocycles. The molecule has 2 aromatic heterocycles. The van der Waals surface area contributed by atoms with Crippen LogP contribution in [0.3, 0.4) is 0 Å². The Bertz CT molecular complexity index is 3440. The van der Waals surface area contributed by atoms with E-state index in [4.69, 9.17) is 9.97 Å². The van der Waals surface area contributed by atoms with Gasteiger partial charge in [-0.05, 0) is 76.9 Å². The maximum absolute atomic E-state index is 5.15. The maximum atomic E-state index is 5.15. The summed E-state index contributed by atoms with van der Waals surface area (Å²) in [7, 11) is 0. The SMILES string of the molecule is c1ccc(-c2cc(-c3cccc(-c4ccccc4-c4cccc(N5c6ccccc6-c6c(n(-c7ccccc7)c7ccccc67)-c6ccccc65)c4)c3)nc(-c3ccccc3)n2)cc1. The van der Waals surface area contributed by atoms with Gasteiger partial charge in [0.05, 0.1) is 34.0 Å². The Morgan fingerprint density at radius 3 is 1.52 bits per heavy atom. The molecule has 1 aliphatic rings. The van der Waals surface area contributed by atoms with Gasteiger partial charge in [-0.1, -0.05) is 188 Å². The number of hydrogen-bond acceptors (Lipinski definition) is 3. The van der Waals surface area contributed by atoms with E-state index in [-0.39, 0.29) is 0 Å². The van der Waals surface area contributed by atoms with Crippen LogP contribution in [0.1, 0.15) is 0 Å². The van der Waals surface area contributed by atoms with E-state index in [9.17, 15) is 0 Å². The van der Waals surface area contributed by atoms with E-state index in [0.29, 0.717) is 5.82 Å². The number of benzene rings is 9. The Kier molecular flexibility index (Phi) is 9.12. The summed E-state index contributed by atoms with van der Waals surface area (Å²) >= 11 is 0. The summed E-state index contributed by atoms with van der Waals surface area (Å²) in [6.07, 6.45) is 0. The molecule has 4 nitrogen and oxygen atoms in total. The first kappa shape index (κ1) is 37.2. The van der Waals surface area contributed by atoms with Crippen molar-refractivity contribution in [1.82, 2.24) is 14.5 Å². The lowest BCUT2D eigenvalue weighted by atomic mass is 9.92. The molecular weight excluding hydrogens is 777 g/mol. The lowest BCUT2D eigenvalue weighted by Gasteiger charge is -2.28. The molecule has 0 unspecified atom stereocenters. The third-order valence-electron chi connectivity index (χ3n) is 12.3. The van der Waals surface area contributed by atoms with E-state index in [1.807, 2.05) is 24.3 Å². The fourth-order valence-electron chi connectivity index (χ4n) is 9.48. The summed E-state index contributed by atoms with van der Waals surface area (Å²) < 4.78 is 2.44. The van der Waals surface area contributed by atoms with Crippen LogP contribution in [-0.4, -0.2) is 14.5 Å². The van der Waals surface area contributed by atoms with Crippen molar-refractivity contribution in [3.63, 3.8) is 0 Å². The predicted octanol–water partition coefficient (Wildman–Crippen LogP) is 15.9. The third kappa shape index (κ3) is 6.40. The largest absolute Gasteiger partial charge is 0.309 e. The molecule has 4 heteroatoms. The van der Waals surface area contributed by atoms with Gasteiger partial charge in [-0.15, -0.1) is 0 Å². The molecule has 0 spiro atoms. The summed E-state index contributed by atoms with van der Waals surface area (Å²) in [5, 5.41) is 1.23. The van der Waals surface area contributed by atoms with Gasteiger partial charge < -0.3 is 9.47 Å². The summed E-state index contributed by atoms with van der Waals surface area (Å²) in [5.41, 5.74) is 19.8. The zero-order valence-electron chi connectivity index (χ0n) is 34.9. The third-order valence-corrected chi connectivity index (χ3v) is 12.3. The molecule has 3 heterocycles. The molecule has 0 bridgehead atoms. The highest BCUT2D eigenvalue weighted by atomic mass is 15.2. The van der Waals surface area contributed by atoms with Gasteiger partial charge in [0, 0.05) is 50.1 Å². The summed E-state index contributed by atoms with van der Waals surface area (Å²) in [4.78, 5) is 12.6. The van der Waals surface area contributed by atoms with Crippen LogP contribution >= 0.6 is 0 Å². The Hall–Kier alpha value is -8.60. The van der Waals surface area contributed by atoms with Crippen LogP contribution in [-0.2, 0) is 0 Å². The highest BCUT2D eigenvalue weighted by Gasteiger charge is 2.31. The van der Waals surface area contributed by atoms with Crippen molar-refractivity contribution in [3.05, 3.63) is 243 Å². The summed E-state index contributed by atoms with van der Waals surface area (Å²) in [5.74, 6) is 0.702. The van der Waals surface area contributed by atoms with E-state index in [2.05, 4.69) is 228 Å². The molecule has 0 radical (unpaired) electrons. The summed E-state index contributed by atoms with van der Waals surface area (Å²) in [6.45, 7) is 0. The maximum Gasteiger partial charge on any atom is 0.160 e. The van der Waals surface area contributed by atoms with Crippen LogP contribution in [0, 0.1) is 0 Å². The number of hydrogen-bond donors (Lipinski definition) is 0. The fraction of sp³-hybridized carbons (Fsp3) is 0. The zero-order valence-corrected chi connectivity index (χ0v) is 34.9. The normalized spacial score (nSPS) is 11.7. The van der Waals surface area contributed by atoms with Gasteiger partial charge in [-0.2, -0.15) is 0 Å². The number of aromatic nitrogens is 3. The number of anilines is 3. The molecule has 0 saturated carbocycles. The fourth-order valence-corrected chi connectivity index (χ4v) is 9.48. The van der Waals surface area contributed by atoms with Crippen molar-refractivity contribution in [2.24, 2.45) is 0 Å². The van der Waals surface area contributed by atoms with Crippen LogP contribution in [0.25, 0.3) is 95.1 Å². The van der Waals surface area contributed by atoms with Crippen molar-refractivity contribution >= 4 is 28.0 Å². The molecule has 0 atom stereocenters. The quantitative estimate of drug-likeness (QED) is 0.161. The van der Waals surface area contributed by atoms with Crippen LogP contribution in [0.2, 0.25) is 0 Å². The molecule has 9 aromatic carbocycles. The lowest BCUT2D eigenvalue weighted by Crippen LogP contribution is -2.11. The minimum absolute atomic E-state index is 0.702. The minimum atomic E-state index is 0.702. The second-order valence-electron chi connectivity index (χ2n) is 16.2. The van der Waals surface area contributed by atoms with Crippen molar-refractivity contribution in [2.75, 3.05) is 4.90 Å². The minimum Gasteiger partial charge on any atom is -0.309 e. The highest BCUT2D eigenvalue weighted by Crippen LogP contribution is 2.54. The molecule has 1 aliphatic heterocycles. The molecule has 0 N–H and O–H groups in total. The highest BCUT2D eigenvalue weighted by molar-refractivity contribution is 6.13. The van der Waals surface area contributed by atoms with Crippen LogP contribution in [0.4, 0.5) is 17.1 Å². The van der Waals surface area contributed by atoms with E-state index < -0.39 is 0 Å². The predicted molar refractivity (Wildman–Crippen MR) is 265 cm³/mol. The first-order chi connectivity index (χ1) is 31.8. The first-order valence-electron chi connectivity index (χ1n) is 21.7. The molecule has 0 aliphatic carbocycles. The Balaban J connectivity index is 0.993. The average molecular weight is 817 g/mol. The smallest absolute Gasteiger partial charge is 0.160 e. The molecule has 64 heavy (non-hydrogen) atoms. The van der Waals surface area contributed by atoms with Gasteiger partial charge in [0.25, 0.3) is 0 Å². The Labute approximate surface area is 372 Å². The molecule has 300 valence electrons. The number of nitrogens with zero attached hydrogens (tertiary/aromatic N) is 4. The number of fused-ring (bicyclic) bond motifs is 7. The van der Waals surface area contributed by atoms with E-state index >= 15 is 0 Å². The topological polar surface area (TPSA) is 34.0 Å². The van der Waals surface area contributed by atoms with Gasteiger partial charge in [0.1, 0.15) is 0 Å². The Morgan fingerprint density at radius 1 is 0.312 bits per heavy atom. The molecule has 12 rings (SSSR count). The van der Waals surface area contributed by atoms with E-state index in [1.54, 1.807) is 0 Å². The number of rotatable bonds is 7. The van der Waals surface area contributed by atoms with Gasteiger partial charge >= 0.3 is 0 Å². The second kappa shape index (κ2) is 15.7. The van der Waals surface area contributed by atoms with Gasteiger partial charge in [-0.25, -0.2) is 9.97 Å². The van der Waals surface area contributed by atoms with E-state index in [1.165, 1.54) is 33.3 Å². The molecular formula is C60H40N4. The number of para-hydroxylation sites is 4. The molecule has 11 aromatic rings. The van der Waals surface area contributed by atoms with Crippen molar-refractivity contribution < 1.29 is 0 Å². The summed E-state index contributed by atoms with van der Waals surface area (Å²) in [6, 6.07) is 86.5. The van der Waals surface area contributed by atoms with Crippen molar-refractivity contribution in [1.29, 1.82) is 0 Å².